The van der Waals surface area contributed by atoms with Gasteiger partial charge in [0.15, 0.2) is 5.76 Å². The van der Waals surface area contributed by atoms with Crippen molar-refractivity contribution < 1.29 is 9.32 Å². The Morgan fingerprint density at radius 1 is 1.40 bits per heavy atom. The number of rotatable bonds is 4. The first-order valence-corrected chi connectivity index (χ1v) is 8.91. The second kappa shape index (κ2) is 7.63. The summed E-state index contributed by atoms with van der Waals surface area (Å²) in [6.07, 6.45) is 5.30. The zero-order valence-electron chi connectivity index (χ0n) is 15.1. The van der Waals surface area contributed by atoms with Gasteiger partial charge >= 0.3 is 6.03 Å². The molecule has 0 bridgehead atoms. The molecule has 1 saturated heterocycles. The number of hydrogen-bond acceptors (Lipinski definition) is 5. The third kappa shape index (κ3) is 3.65. The molecule has 2 amide bonds. The number of hydrogen-bond donors (Lipinski definition) is 0. The van der Waals surface area contributed by atoms with Gasteiger partial charge in [0, 0.05) is 44.4 Å². The Kier molecular flexibility index (Phi) is 5.31. The number of aryl methyl sites for hydroxylation is 1. The molecule has 0 saturated carbocycles. The first kappa shape index (κ1) is 17.4. The lowest BCUT2D eigenvalue weighted by Crippen LogP contribution is -2.47. The van der Waals surface area contributed by atoms with Crippen LogP contribution in [-0.2, 0) is 0 Å². The quantitative estimate of drug-likeness (QED) is 0.853. The first-order chi connectivity index (χ1) is 12.1. The van der Waals surface area contributed by atoms with Crippen LogP contribution in [0.5, 0.6) is 0 Å². The number of carbonyl (C=O) groups excluding carboxylic acids is 1. The third-order valence-electron chi connectivity index (χ3n) is 4.75. The Labute approximate surface area is 148 Å². The molecule has 0 N–H and O–H groups in total. The fourth-order valence-electron chi connectivity index (χ4n) is 3.41. The fraction of sp³-hybridized carbons (Fsp3) is 0.556. The van der Waals surface area contributed by atoms with Gasteiger partial charge in [0.05, 0.1) is 17.0 Å². The molecule has 1 atom stereocenters. The number of aromatic nitrogens is 3. The molecule has 0 spiro atoms. The van der Waals surface area contributed by atoms with E-state index in [-0.39, 0.29) is 11.9 Å². The van der Waals surface area contributed by atoms with Crippen LogP contribution >= 0.6 is 0 Å². The maximum Gasteiger partial charge on any atom is 0.319 e. The Hall–Kier alpha value is -2.44. The third-order valence-corrected chi connectivity index (χ3v) is 4.75. The zero-order chi connectivity index (χ0) is 17.8. The van der Waals surface area contributed by atoms with E-state index in [0.29, 0.717) is 12.3 Å². The minimum Gasteiger partial charge on any atom is -0.356 e. The van der Waals surface area contributed by atoms with Crippen molar-refractivity contribution in [3.05, 3.63) is 30.0 Å². The highest BCUT2D eigenvalue weighted by molar-refractivity contribution is 5.74. The van der Waals surface area contributed by atoms with Crippen molar-refractivity contribution >= 4 is 6.03 Å². The largest absolute Gasteiger partial charge is 0.356 e. The number of likely N-dealkylation sites (tertiary alicyclic amines) is 1. The highest BCUT2D eigenvalue weighted by Crippen LogP contribution is 2.33. The van der Waals surface area contributed by atoms with Gasteiger partial charge in [-0.15, -0.1) is 0 Å². The van der Waals surface area contributed by atoms with Gasteiger partial charge in [-0.3, -0.25) is 0 Å². The van der Waals surface area contributed by atoms with Crippen molar-refractivity contribution in [1.82, 2.24) is 24.9 Å². The topological polar surface area (TPSA) is 75.4 Å². The minimum absolute atomic E-state index is 0.112. The molecule has 7 heteroatoms. The maximum atomic E-state index is 12.7. The lowest BCUT2D eigenvalue weighted by molar-refractivity contribution is 0.142. The molecule has 0 aromatic carbocycles. The molecule has 7 nitrogen and oxygen atoms in total. The molecule has 2 aromatic heterocycles. The number of piperidine rings is 1. The zero-order valence-corrected chi connectivity index (χ0v) is 15.1. The van der Waals surface area contributed by atoms with Crippen LogP contribution in [0.4, 0.5) is 4.79 Å². The van der Waals surface area contributed by atoms with E-state index >= 15 is 0 Å². The van der Waals surface area contributed by atoms with Crippen LogP contribution in [0.25, 0.3) is 11.3 Å². The highest BCUT2D eigenvalue weighted by atomic mass is 16.5. The van der Waals surface area contributed by atoms with E-state index in [1.807, 2.05) is 36.6 Å². The van der Waals surface area contributed by atoms with Gasteiger partial charge in [-0.1, -0.05) is 5.16 Å². The summed E-state index contributed by atoms with van der Waals surface area (Å²) in [6, 6.07) is 2.00. The van der Waals surface area contributed by atoms with Gasteiger partial charge in [0.2, 0.25) is 0 Å². The summed E-state index contributed by atoms with van der Waals surface area (Å²) >= 11 is 0. The standard InChI is InChI=1S/C18H25N5O2/c1-4-22(5-2)18(24)23-8-6-7-14(11-23)17-15(10-19-12-20-17)16-9-13(3)21-25-16/h9-10,12,14H,4-8,11H2,1-3H3. The van der Waals surface area contributed by atoms with E-state index in [4.69, 9.17) is 4.52 Å². The molecule has 1 fully saturated rings. The lowest BCUT2D eigenvalue weighted by Gasteiger charge is -2.36. The summed E-state index contributed by atoms with van der Waals surface area (Å²) in [6.45, 7) is 8.84. The predicted molar refractivity (Wildman–Crippen MR) is 94.1 cm³/mol. The van der Waals surface area contributed by atoms with Gasteiger partial charge in [-0.05, 0) is 33.6 Å². The van der Waals surface area contributed by atoms with Crippen LogP contribution in [0.15, 0.2) is 23.1 Å². The van der Waals surface area contributed by atoms with Crippen molar-refractivity contribution in [3.8, 4) is 11.3 Å². The minimum atomic E-state index is 0.112. The summed E-state index contributed by atoms with van der Waals surface area (Å²) < 4.78 is 5.41. The van der Waals surface area contributed by atoms with E-state index in [9.17, 15) is 4.79 Å². The number of amides is 2. The summed E-state index contributed by atoms with van der Waals surface area (Å²) in [5.74, 6) is 0.858. The molecule has 25 heavy (non-hydrogen) atoms. The van der Waals surface area contributed by atoms with E-state index in [0.717, 1.165) is 49.4 Å². The second-order valence-corrected chi connectivity index (χ2v) is 6.39. The number of nitrogens with zero attached hydrogens (tertiary/aromatic N) is 5. The van der Waals surface area contributed by atoms with Crippen molar-refractivity contribution in [2.45, 2.75) is 39.5 Å². The fourth-order valence-corrected chi connectivity index (χ4v) is 3.41. The van der Waals surface area contributed by atoms with Crippen molar-refractivity contribution in [1.29, 1.82) is 0 Å². The maximum absolute atomic E-state index is 12.7. The number of carbonyl (C=O) groups is 1. The predicted octanol–water partition coefficient (Wildman–Crippen LogP) is 3.08. The van der Waals surface area contributed by atoms with Gasteiger partial charge in [-0.25, -0.2) is 14.8 Å². The Morgan fingerprint density at radius 3 is 2.88 bits per heavy atom. The first-order valence-electron chi connectivity index (χ1n) is 8.91. The molecule has 134 valence electrons. The SMILES string of the molecule is CCN(CC)C(=O)N1CCCC(c2ncncc2-c2cc(C)no2)C1. The van der Waals surface area contributed by atoms with E-state index in [1.54, 1.807) is 12.5 Å². The van der Waals surface area contributed by atoms with Gasteiger partial charge in [0.1, 0.15) is 6.33 Å². The molecular weight excluding hydrogens is 318 g/mol. The van der Waals surface area contributed by atoms with Gasteiger partial charge in [-0.2, -0.15) is 0 Å². The van der Waals surface area contributed by atoms with Crippen molar-refractivity contribution in [2.24, 2.45) is 0 Å². The molecule has 0 aliphatic carbocycles. The Balaban J connectivity index is 1.84. The molecule has 3 rings (SSSR count). The average molecular weight is 343 g/mol. The van der Waals surface area contributed by atoms with E-state index < -0.39 is 0 Å². The highest BCUT2D eigenvalue weighted by Gasteiger charge is 2.29. The molecule has 1 aliphatic heterocycles. The van der Waals surface area contributed by atoms with E-state index in [2.05, 4.69) is 15.1 Å². The molecule has 2 aromatic rings. The van der Waals surface area contributed by atoms with Crippen LogP contribution in [0, 0.1) is 6.92 Å². The average Bonchev–Trinajstić information content (AvgIpc) is 3.09. The molecule has 1 unspecified atom stereocenters. The number of urea groups is 1. The molecule has 0 radical (unpaired) electrons. The normalized spacial score (nSPS) is 17.6. The summed E-state index contributed by atoms with van der Waals surface area (Å²) in [5, 5.41) is 3.97. The molecule has 3 heterocycles. The molecule has 1 aliphatic rings. The van der Waals surface area contributed by atoms with Crippen LogP contribution < -0.4 is 0 Å². The van der Waals surface area contributed by atoms with Crippen LogP contribution in [0.1, 0.15) is 44.0 Å². The van der Waals surface area contributed by atoms with Crippen LogP contribution in [0.2, 0.25) is 0 Å². The van der Waals surface area contributed by atoms with Gasteiger partial charge < -0.3 is 14.3 Å². The van der Waals surface area contributed by atoms with Crippen LogP contribution in [0.3, 0.4) is 0 Å². The second-order valence-electron chi connectivity index (χ2n) is 6.39. The Morgan fingerprint density at radius 2 is 2.20 bits per heavy atom. The summed E-state index contributed by atoms with van der Waals surface area (Å²) in [7, 11) is 0. The van der Waals surface area contributed by atoms with Crippen LogP contribution in [-0.4, -0.2) is 57.1 Å². The lowest BCUT2D eigenvalue weighted by atomic mass is 9.91. The molecular formula is C18H25N5O2. The van der Waals surface area contributed by atoms with Crippen molar-refractivity contribution in [2.75, 3.05) is 26.2 Å². The van der Waals surface area contributed by atoms with Gasteiger partial charge in [0.25, 0.3) is 0 Å². The summed E-state index contributed by atoms with van der Waals surface area (Å²) in [5.41, 5.74) is 2.63. The monoisotopic (exact) mass is 343 g/mol. The smallest absolute Gasteiger partial charge is 0.319 e. The Bertz CT molecular complexity index is 726. The summed E-state index contributed by atoms with van der Waals surface area (Å²) in [4.78, 5) is 25.2. The van der Waals surface area contributed by atoms with E-state index in [1.165, 1.54) is 0 Å². The van der Waals surface area contributed by atoms with Crippen molar-refractivity contribution in [3.63, 3.8) is 0 Å².